The second-order valence-electron chi connectivity index (χ2n) is 5.83. The third-order valence-corrected chi connectivity index (χ3v) is 4.09. The molecule has 2 amide bonds. The summed E-state index contributed by atoms with van der Waals surface area (Å²) in [5, 5.41) is 12.1. The summed E-state index contributed by atoms with van der Waals surface area (Å²) in [5.74, 6) is -1.07. The maximum absolute atomic E-state index is 12.3. The first kappa shape index (κ1) is 15.1. The van der Waals surface area contributed by atoms with Crippen molar-refractivity contribution in [1.82, 2.24) is 10.2 Å². The third-order valence-electron chi connectivity index (χ3n) is 4.09. The standard InChI is InChI=1S/C14H24N2O4/c1-10-9-16(6-3-7-20-10)14(19)15-12-5-2-4-11(8-12)13(17)18/h10-12H,2-9H2,1H3,(H,15,19)(H,17,18). The van der Waals surface area contributed by atoms with E-state index in [4.69, 9.17) is 9.84 Å². The Hall–Kier alpha value is -1.30. The Kier molecular flexibility index (Phi) is 5.23. The second kappa shape index (κ2) is 6.92. The number of carbonyl (C=O) groups excluding carboxylic acids is 1. The van der Waals surface area contributed by atoms with Crippen LogP contribution in [0.1, 0.15) is 39.0 Å². The first-order valence-electron chi connectivity index (χ1n) is 7.46. The first-order chi connectivity index (χ1) is 9.56. The number of aliphatic carboxylic acids is 1. The van der Waals surface area contributed by atoms with Gasteiger partial charge in [0, 0.05) is 25.7 Å². The highest BCUT2D eigenvalue weighted by atomic mass is 16.5. The van der Waals surface area contributed by atoms with E-state index in [9.17, 15) is 9.59 Å². The Morgan fingerprint density at radius 2 is 2.10 bits per heavy atom. The highest BCUT2D eigenvalue weighted by Crippen LogP contribution is 2.24. The molecule has 0 spiro atoms. The van der Waals surface area contributed by atoms with Gasteiger partial charge in [-0.2, -0.15) is 0 Å². The normalized spacial score (nSPS) is 31.4. The van der Waals surface area contributed by atoms with Gasteiger partial charge in [-0.1, -0.05) is 6.42 Å². The van der Waals surface area contributed by atoms with E-state index in [1.54, 1.807) is 4.90 Å². The molecule has 1 saturated heterocycles. The zero-order chi connectivity index (χ0) is 14.5. The smallest absolute Gasteiger partial charge is 0.317 e. The maximum atomic E-state index is 12.3. The first-order valence-corrected chi connectivity index (χ1v) is 7.46. The minimum Gasteiger partial charge on any atom is -0.481 e. The van der Waals surface area contributed by atoms with Gasteiger partial charge in [0.1, 0.15) is 0 Å². The molecule has 1 aliphatic carbocycles. The molecule has 2 aliphatic rings. The average Bonchev–Trinajstić information content (AvgIpc) is 2.63. The third kappa shape index (κ3) is 4.10. The van der Waals surface area contributed by atoms with Gasteiger partial charge in [-0.25, -0.2) is 4.79 Å². The predicted octanol–water partition coefficient (Wildman–Crippen LogP) is 1.45. The van der Waals surface area contributed by atoms with E-state index in [1.165, 1.54) is 0 Å². The van der Waals surface area contributed by atoms with Gasteiger partial charge in [0.25, 0.3) is 0 Å². The van der Waals surface area contributed by atoms with Crippen LogP contribution in [-0.2, 0) is 9.53 Å². The van der Waals surface area contributed by atoms with Gasteiger partial charge in [-0.3, -0.25) is 4.79 Å². The molecule has 0 aromatic carbocycles. The molecule has 1 heterocycles. The van der Waals surface area contributed by atoms with Crippen LogP contribution in [0.25, 0.3) is 0 Å². The molecule has 2 N–H and O–H groups in total. The van der Waals surface area contributed by atoms with Crippen molar-refractivity contribution in [2.45, 2.75) is 51.2 Å². The van der Waals surface area contributed by atoms with E-state index in [1.807, 2.05) is 6.92 Å². The van der Waals surface area contributed by atoms with Crippen molar-refractivity contribution in [1.29, 1.82) is 0 Å². The Morgan fingerprint density at radius 1 is 1.30 bits per heavy atom. The number of nitrogens with one attached hydrogen (secondary N) is 1. The predicted molar refractivity (Wildman–Crippen MR) is 73.5 cm³/mol. The van der Waals surface area contributed by atoms with Crippen LogP contribution in [0.5, 0.6) is 0 Å². The zero-order valence-electron chi connectivity index (χ0n) is 12.0. The Balaban J connectivity index is 1.85. The minimum absolute atomic E-state index is 0.0168. The number of hydrogen-bond acceptors (Lipinski definition) is 3. The highest BCUT2D eigenvalue weighted by molar-refractivity contribution is 5.75. The van der Waals surface area contributed by atoms with E-state index in [0.29, 0.717) is 26.1 Å². The number of rotatable bonds is 2. The molecule has 2 rings (SSSR count). The number of ether oxygens (including phenoxy) is 1. The van der Waals surface area contributed by atoms with Gasteiger partial charge in [0.2, 0.25) is 0 Å². The van der Waals surface area contributed by atoms with Crippen molar-refractivity contribution in [2.75, 3.05) is 19.7 Å². The lowest BCUT2D eigenvalue weighted by Gasteiger charge is -2.30. The molecule has 1 aliphatic heterocycles. The van der Waals surface area contributed by atoms with Gasteiger partial charge in [0.05, 0.1) is 12.0 Å². The molecule has 20 heavy (non-hydrogen) atoms. The zero-order valence-corrected chi connectivity index (χ0v) is 12.0. The molecular formula is C14H24N2O4. The van der Waals surface area contributed by atoms with Crippen LogP contribution in [-0.4, -0.2) is 53.8 Å². The minimum atomic E-state index is -0.749. The maximum Gasteiger partial charge on any atom is 0.317 e. The number of urea groups is 1. The topological polar surface area (TPSA) is 78.9 Å². The summed E-state index contributed by atoms with van der Waals surface area (Å²) in [6.45, 7) is 3.95. The fourth-order valence-electron chi connectivity index (χ4n) is 2.99. The average molecular weight is 284 g/mol. The second-order valence-corrected chi connectivity index (χ2v) is 5.83. The van der Waals surface area contributed by atoms with Crippen LogP contribution in [0.2, 0.25) is 0 Å². The number of carboxylic acids is 1. The van der Waals surface area contributed by atoms with Crippen LogP contribution in [0.4, 0.5) is 4.79 Å². The van der Waals surface area contributed by atoms with Crippen molar-refractivity contribution in [3.05, 3.63) is 0 Å². The van der Waals surface area contributed by atoms with Crippen LogP contribution in [0.15, 0.2) is 0 Å². The summed E-state index contributed by atoms with van der Waals surface area (Å²) >= 11 is 0. The molecule has 6 heteroatoms. The molecule has 0 bridgehead atoms. The fourth-order valence-corrected chi connectivity index (χ4v) is 2.99. The lowest BCUT2D eigenvalue weighted by molar-refractivity contribution is -0.143. The quantitative estimate of drug-likeness (QED) is 0.804. The fraction of sp³-hybridized carbons (Fsp3) is 0.857. The summed E-state index contributed by atoms with van der Waals surface area (Å²) in [7, 11) is 0. The van der Waals surface area contributed by atoms with Crippen LogP contribution in [0, 0.1) is 5.92 Å². The summed E-state index contributed by atoms with van der Waals surface area (Å²) < 4.78 is 5.52. The Bertz CT molecular complexity index is 361. The molecule has 2 fully saturated rings. The van der Waals surface area contributed by atoms with Gasteiger partial charge in [0.15, 0.2) is 0 Å². The van der Waals surface area contributed by atoms with Gasteiger partial charge < -0.3 is 20.1 Å². The van der Waals surface area contributed by atoms with E-state index in [2.05, 4.69) is 5.32 Å². The van der Waals surface area contributed by atoms with Crippen molar-refractivity contribution >= 4 is 12.0 Å². The van der Waals surface area contributed by atoms with Crippen LogP contribution >= 0.6 is 0 Å². The molecule has 3 atom stereocenters. The molecule has 3 unspecified atom stereocenters. The molecular weight excluding hydrogens is 260 g/mol. The number of amides is 2. The van der Waals surface area contributed by atoms with Gasteiger partial charge in [-0.05, 0) is 32.6 Å². The Morgan fingerprint density at radius 3 is 2.85 bits per heavy atom. The SMILES string of the molecule is CC1CN(C(=O)NC2CCCC(C(=O)O)C2)CCCO1. The largest absolute Gasteiger partial charge is 0.481 e. The summed E-state index contributed by atoms with van der Waals surface area (Å²) in [5.41, 5.74) is 0. The van der Waals surface area contributed by atoms with E-state index >= 15 is 0 Å². The van der Waals surface area contributed by atoms with Crippen LogP contribution in [0.3, 0.4) is 0 Å². The van der Waals surface area contributed by atoms with Crippen molar-refractivity contribution < 1.29 is 19.4 Å². The molecule has 114 valence electrons. The number of carbonyl (C=O) groups is 2. The number of carboxylic acid groups (broad SMARTS) is 1. The number of hydrogen-bond donors (Lipinski definition) is 2. The molecule has 0 aromatic rings. The molecule has 0 radical (unpaired) electrons. The monoisotopic (exact) mass is 284 g/mol. The lowest BCUT2D eigenvalue weighted by Crippen LogP contribution is -2.48. The van der Waals surface area contributed by atoms with Crippen LogP contribution < -0.4 is 5.32 Å². The lowest BCUT2D eigenvalue weighted by atomic mass is 9.86. The molecule has 1 saturated carbocycles. The Labute approximate surface area is 119 Å². The molecule has 6 nitrogen and oxygen atoms in total. The van der Waals surface area contributed by atoms with Gasteiger partial charge in [-0.15, -0.1) is 0 Å². The van der Waals surface area contributed by atoms with Crippen molar-refractivity contribution in [2.24, 2.45) is 5.92 Å². The van der Waals surface area contributed by atoms with Gasteiger partial charge >= 0.3 is 12.0 Å². The highest BCUT2D eigenvalue weighted by Gasteiger charge is 2.29. The van der Waals surface area contributed by atoms with E-state index in [0.717, 1.165) is 25.7 Å². The van der Waals surface area contributed by atoms with E-state index < -0.39 is 5.97 Å². The van der Waals surface area contributed by atoms with Crippen molar-refractivity contribution in [3.8, 4) is 0 Å². The summed E-state index contributed by atoms with van der Waals surface area (Å²) in [6.07, 6.45) is 3.90. The van der Waals surface area contributed by atoms with Crippen molar-refractivity contribution in [3.63, 3.8) is 0 Å². The summed E-state index contributed by atoms with van der Waals surface area (Å²) in [6, 6.07) is -0.102. The molecule has 0 aromatic heterocycles. The van der Waals surface area contributed by atoms with E-state index in [-0.39, 0.29) is 24.1 Å². The number of nitrogens with zero attached hydrogens (tertiary/aromatic N) is 1. The summed E-state index contributed by atoms with van der Waals surface area (Å²) in [4.78, 5) is 25.1.